The number of methoxy groups -OCH3 is 1. The summed E-state index contributed by atoms with van der Waals surface area (Å²) in [5.74, 6) is 0. The molecule has 1 aromatic rings. The summed E-state index contributed by atoms with van der Waals surface area (Å²) in [6, 6.07) is 8.33. The number of nitrogens with one attached hydrogen (secondary N) is 1. The second-order valence-corrected chi connectivity index (χ2v) is 4.01. The summed E-state index contributed by atoms with van der Waals surface area (Å²) in [6.45, 7) is 6.07. The fourth-order valence-electron chi connectivity index (χ4n) is 1.40. The molecule has 0 unspecified atom stereocenters. The van der Waals surface area contributed by atoms with Crippen molar-refractivity contribution in [2.24, 2.45) is 0 Å². The minimum absolute atomic E-state index is 0.619. The molecule has 0 aromatic heterocycles. The molecule has 1 N–H and O–H groups in total. The zero-order chi connectivity index (χ0) is 13.1. The van der Waals surface area contributed by atoms with Gasteiger partial charge in [0.05, 0.1) is 33.0 Å². The lowest BCUT2D eigenvalue weighted by Gasteiger charge is -2.08. The van der Waals surface area contributed by atoms with E-state index in [1.165, 1.54) is 5.56 Å². The van der Waals surface area contributed by atoms with Crippen LogP contribution in [0.1, 0.15) is 5.56 Å². The number of hydrogen-bond donors (Lipinski definition) is 1. The van der Waals surface area contributed by atoms with Crippen molar-refractivity contribution in [3.8, 4) is 0 Å². The van der Waals surface area contributed by atoms with Gasteiger partial charge < -0.3 is 19.5 Å². The maximum absolute atomic E-state index is 5.43. The van der Waals surface area contributed by atoms with Crippen LogP contribution in [0, 0.1) is 6.92 Å². The predicted molar refractivity (Wildman–Crippen MR) is 73.2 cm³/mol. The van der Waals surface area contributed by atoms with Gasteiger partial charge >= 0.3 is 0 Å². The molecule has 0 bridgehead atoms. The van der Waals surface area contributed by atoms with E-state index in [1.54, 1.807) is 7.11 Å². The largest absolute Gasteiger partial charge is 0.383 e. The monoisotopic (exact) mass is 253 g/mol. The normalized spacial score (nSPS) is 10.6. The Balaban J connectivity index is 1.91. The maximum Gasteiger partial charge on any atom is 0.0701 e. The number of benzene rings is 1. The van der Waals surface area contributed by atoms with Crippen molar-refractivity contribution in [3.63, 3.8) is 0 Å². The van der Waals surface area contributed by atoms with Crippen LogP contribution >= 0.6 is 0 Å². The molecule has 0 aliphatic carbocycles. The van der Waals surface area contributed by atoms with Crippen LogP contribution in [0.2, 0.25) is 0 Å². The summed E-state index contributed by atoms with van der Waals surface area (Å²) in [5, 5.41) is 3.30. The smallest absolute Gasteiger partial charge is 0.0701 e. The van der Waals surface area contributed by atoms with Crippen LogP contribution in [-0.2, 0) is 14.2 Å². The second-order valence-electron chi connectivity index (χ2n) is 4.01. The van der Waals surface area contributed by atoms with E-state index in [0.717, 1.165) is 12.2 Å². The zero-order valence-electron chi connectivity index (χ0n) is 11.3. The highest BCUT2D eigenvalue weighted by Gasteiger charge is 1.92. The second kappa shape index (κ2) is 9.88. The molecule has 0 aliphatic heterocycles. The third-order valence-corrected chi connectivity index (χ3v) is 2.43. The first-order valence-electron chi connectivity index (χ1n) is 6.28. The molecule has 0 amide bonds. The quantitative estimate of drug-likeness (QED) is 0.648. The minimum Gasteiger partial charge on any atom is -0.383 e. The summed E-state index contributed by atoms with van der Waals surface area (Å²) in [5.41, 5.74) is 2.39. The van der Waals surface area contributed by atoms with Gasteiger partial charge in [0, 0.05) is 19.3 Å². The first-order valence-corrected chi connectivity index (χ1v) is 6.28. The lowest BCUT2D eigenvalue weighted by atomic mass is 10.2. The highest BCUT2D eigenvalue weighted by atomic mass is 16.5. The van der Waals surface area contributed by atoms with Crippen molar-refractivity contribution in [3.05, 3.63) is 29.8 Å². The molecular weight excluding hydrogens is 230 g/mol. The van der Waals surface area contributed by atoms with Crippen LogP contribution in [0.15, 0.2) is 24.3 Å². The predicted octanol–water partition coefficient (Wildman–Crippen LogP) is 2.09. The van der Waals surface area contributed by atoms with E-state index in [-0.39, 0.29) is 0 Å². The van der Waals surface area contributed by atoms with Crippen LogP contribution in [0.3, 0.4) is 0 Å². The van der Waals surface area contributed by atoms with Gasteiger partial charge in [-0.3, -0.25) is 0 Å². The summed E-state index contributed by atoms with van der Waals surface area (Å²) in [4.78, 5) is 0. The number of ether oxygens (including phenoxy) is 3. The van der Waals surface area contributed by atoms with Crippen LogP contribution in [0.5, 0.6) is 0 Å². The van der Waals surface area contributed by atoms with E-state index in [0.29, 0.717) is 33.0 Å². The SMILES string of the molecule is COCCOCCOCCNc1ccc(C)cc1. The van der Waals surface area contributed by atoms with E-state index in [4.69, 9.17) is 14.2 Å². The van der Waals surface area contributed by atoms with Crippen LogP contribution in [0.4, 0.5) is 5.69 Å². The maximum atomic E-state index is 5.43. The van der Waals surface area contributed by atoms with E-state index in [1.807, 2.05) is 0 Å². The number of aryl methyl sites for hydroxylation is 1. The number of rotatable bonds is 10. The zero-order valence-corrected chi connectivity index (χ0v) is 11.3. The van der Waals surface area contributed by atoms with Crippen molar-refractivity contribution >= 4 is 5.69 Å². The Kier molecular flexibility index (Phi) is 8.21. The number of hydrogen-bond acceptors (Lipinski definition) is 4. The first kappa shape index (κ1) is 15.0. The molecular formula is C14H23NO3. The average Bonchev–Trinajstić information content (AvgIpc) is 2.39. The van der Waals surface area contributed by atoms with Crippen molar-refractivity contribution in [2.45, 2.75) is 6.92 Å². The third-order valence-electron chi connectivity index (χ3n) is 2.43. The molecule has 0 saturated carbocycles. The molecule has 0 aliphatic rings. The van der Waals surface area contributed by atoms with Crippen molar-refractivity contribution in [2.75, 3.05) is 52.0 Å². The van der Waals surface area contributed by atoms with Gasteiger partial charge in [-0.2, -0.15) is 0 Å². The van der Waals surface area contributed by atoms with E-state index in [2.05, 4.69) is 36.5 Å². The van der Waals surface area contributed by atoms with Gasteiger partial charge in [0.2, 0.25) is 0 Å². The molecule has 1 rings (SSSR count). The third kappa shape index (κ3) is 7.27. The summed E-state index contributed by atoms with van der Waals surface area (Å²) >= 11 is 0. The standard InChI is InChI=1S/C14H23NO3/c1-13-3-5-14(6-4-13)15-7-8-17-11-12-18-10-9-16-2/h3-6,15H,7-12H2,1-2H3. The Morgan fingerprint density at radius 3 is 2.17 bits per heavy atom. The molecule has 0 heterocycles. The number of anilines is 1. The molecule has 4 nitrogen and oxygen atoms in total. The van der Waals surface area contributed by atoms with Gasteiger partial charge in [-0.15, -0.1) is 0 Å². The molecule has 0 atom stereocenters. The highest BCUT2D eigenvalue weighted by molar-refractivity contribution is 5.44. The molecule has 102 valence electrons. The Morgan fingerprint density at radius 1 is 0.889 bits per heavy atom. The minimum atomic E-state index is 0.619. The van der Waals surface area contributed by atoms with Gasteiger partial charge in [-0.25, -0.2) is 0 Å². The Bertz CT molecular complexity index is 300. The summed E-state index contributed by atoms with van der Waals surface area (Å²) in [7, 11) is 1.66. The van der Waals surface area contributed by atoms with Crippen molar-refractivity contribution < 1.29 is 14.2 Å². The first-order chi connectivity index (χ1) is 8.83. The van der Waals surface area contributed by atoms with Crippen LogP contribution < -0.4 is 5.32 Å². The molecule has 4 heteroatoms. The van der Waals surface area contributed by atoms with E-state index >= 15 is 0 Å². The van der Waals surface area contributed by atoms with E-state index < -0.39 is 0 Å². The van der Waals surface area contributed by atoms with Gasteiger partial charge in [0.25, 0.3) is 0 Å². The Hall–Kier alpha value is -1.10. The van der Waals surface area contributed by atoms with Crippen LogP contribution in [0.25, 0.3) is 0 Å². The van der Waals surface area contributed by atoms with Gasteiger partial charge in [0.15, 0.2) is 0 Å². The highest BCUT2D eigenvalue weighted by Crippen LogP contribution is 2.07. The van der Waals surface area contributed by atoms with Gasteiger partial charge in [0.1, 0.15) is 0 Å². The fourth-order valence-corrected chi connectivity index (χ4v) is 1.40. The molecule has 0 radical (unpaired) electrons. The van der Waals surface area contributed by atoms with Gasteiger partial charge in [-0.1, -0.05) is 17.7 Å². The molecule has 0 spiro atoms. The molecule has 18 heavy (non-hydrogen) atoms. The lowest BCUT2D eigenvalue weighted by molar-refractivity contribution is 0.0272. The molecule has 0 saturated heterocycles. The molecule has 1 aromatic carbocycles. The van der Waals surface area contributed by atoms with Crippen molar-refractivity contribution in [1.29, 1.82) is 0 Å². The fraction of sp³-hybridized carbons (Fsp3) is 0.571. The van der Waals surface area contributed by atoms with Crippen molar-refractivity contribution in [1.82, 2.24) is 0 Å². The van der Waals surface area contributed by atoms with Gasteiger partial charge in [-0.05, 0) is 19.1 Å². The molecule has 0 fully saturated rings. The lowest BCUT2D eigenvalue weighted by Crippen LogP contribution is -2.13. The summed E-state index contributed by atoms with van der Waals surface area (Å²) in [6.07, 6.45) is 0. The van der Waals surface area contributed by atoms with Crippen LogP contribution in [-0.4, -0.2) is 46.7 Å². The average molecular weight is 253 g/mol. The Labute approximate surface area is 109 Å². The topological polar surface area (TPSA) is 39.7 Å². The summed E-state index contributed by atoms with van der Waals surface area (Å²) < 4.78 is 15.6. The van der Waals surface area contributed by atoms with E-state index in [9.17, 15) is 0 Å². The Morgan fingerprint density at radius 2 is 1.50 bits per heavy atom.